The van der Waals surface area contributed by atoms with Crippen LogP contribution in [0.5, 0.6) is 0 Å². The lowest BCUT2D eigenvalue weighted by Crippen LogP contribution is -2.29. The second-order valence-corrected chi connectivity index (χ2v) is 8.29. The van der Waals surface area contributed by atoms with Gasteiger partial charge in [0.1, 0.15) is 6.10 Å². The minimum atomic E-state index is 0.0217. The van der Waals surface area contributed by atoms with Gasteiger partial charge in [0, 0.05) is 12.3 Å². The topological polar surface area (TPSA) is 50.1 Å². The van der Waals surface area contributed by atoms with Crippen LogP contribution in [0.4, 0.5) is 0 Å². The van der Waals surface area contributed by atoms with Gasteiger partial charge in [-0.2, -0.15) is 5.26 Å². The van der Waals surface area contributed by atoms with Gasteiger partial charge < -0.3 is 4.74 Å². The van der Waals surface area contributed by atoms with Crippen molar-refractivity contribution in [1.82, 2.24) is 0 Å². The molecule has 2 aliphatic rings. The molecule has 2 fully saturated rings. The first-order valence-electron chi connectivity index (χ1n) is 10.8. The van der Waals surface area contributed by atoms with Crippen LogP contribution >= 0.6 is 0 Å². The molecule has 2 saturated carbocycles. The zero-order valence-corrected chi connectivity index (χ0v) is 16.2. The molecule has 0 aromatic heterocycles. The lowest BCUT2D eigenvalue weighted by Gasteiger charge is -2.36. The van der Waals surface area contributed by atoms with Crippen molar-refractivity contribution in [2.75, 3.05) is 0 Å². The third-order valence-electron chi connectivity index (χ3n) is 6.37. The monoisotopic (exact) mass is 347 g/mol. The summed E-state index contributed by atoms with van der Waals surface area (Å²) in [6.45, 7) is 2.23. The third kappa shape index (κ3) is 7.38. The van der Waals surface area contributed by atoms with E-state index >= 15 is 0 Å². The normalized spacial score (nSPS) is 29.8. The fourth-order valence-corrected chi connectivity index (χ4v) is 4.69. The SMILES string of the molecule is CCCCCCCCC(=O)OC1CCC(C2CCC(C#N)CC2)CC1. The van der Waals surface area contributed by atoms with Crippen LogP contribution < -0.4 is 0 Å². The van der Waals surface area contributed by atoms with Crippen LogP contribution in [0.25, 0.3) is 0 Å². The highest BCUT2D eigenvalue weighted by atomic mass is 16.5. The smallest absolute Gasteiger partial charge is 0.306 e. The maximum atomic E-state index is 12.0. The molecular formula is C22H37NO2. The molecule has 25 heavy (non-hydrogen) atoms. The van der Waals surface area contributed by atoms with E-state index in [2.05, 4.69) is 13.0 Å². The highest BCUT2D eigenvalue weighted by Crippen LogP contribution is 2.40. The average molecular weight is 348 g/mol. The third-order valence-corrected chi connectivity index (χ3v) is 6.37. The minimum Gasteiger partial charge on any atom is -0.462 e. The van der Waals surface area contributed by atoms with Crippen molar-refractivity contribution in [2.24, 2.45) is 17.8 Å². The molecule has 0 unspecified atom stereocenters. The first kappa shape index (κ1) is 20.3. The van der Waals surface area contributed by atoms with Gasteiger partial charge in [0.05, 0.1) is 6.07 Å². The van der Waals surface area contributed by atoms with Gasteiger partial charge >= 0.3 is 5.97 Å². The molecule has 0 amide bonds. The van der Waals surface area contributed by atoms with E-state index < -0.39 is 0 Å². The molecule has 0 N–H and O–H groups in total. The van der Waals surface area contributed by atoms with E-state index in [0.717, 1.165) is 50.4 Å². The van der Waals surface area contributed by atoms with Gasteiger partial charge in [-0.15, -0.1) is 0 Å². The van der Waals surface area contributed by atoms with Crippen molar-refractivity contribution in [2.45, 2.75) is 109 Å². The Hall–Kier alpha value is -1.04. The van der Waals surface area contributed by atoms with Gasteiger partial charge in [0.15, 0.2) is 0 Å². The Morgan fingerprint density at radius 3 is 2.04 bits per heavy atom. The van der Waals surface area contributed by atoms with E-state index in [9.17, 15) is 4.79 Å². The second-order valence-electron chi connectivity index (χ2n) is 8.29. The maximum Gasteiger partial charge on any atom is 0.306 e. The summed E-state index contributed by atoms with van der Waals surface area (Å²) in [5, 5.41) is 9.02. The van der Waals surface area contributed by atoms with Crippen molar-refractivity contribution < 1.29 is 9.53 Å². The number of carbonyl (C=O) groups excluding carboxylic acids is 1. The van der Waals surface area contributed by atoms with Crippen LogP contribution in [0.3, 0.4) is 0 Å². The molecule has 0 aliphatic heterocycles. The van der Waals surface area contributed by atoms with E-state index in [4.69, 9.17) is 10.00 Å². The van der Waals surface area contributed by atoms with Crippen molar-refractivity contribution in [3.63, 3.8) is 0 Å². The molecule has 142 valence electrons. The molecule has 0 aromatic rings. The molecule has 0 radical (unpaired) electrons. The van der Waals surface area contributed by atoms with E-state index in [1.807, 2.05) is 0 Å². The number of esters is 1. The highest BCUT2D eigenvalue weighted by Gasteiger charge is 2.31. The quantitative estimate of drug-likeness (QED) is 0.370. The molecule has 3 heteroatoms. The summed E-state index contributed by atoms with van der Waals surface area (Å²) in [5.74, 6) is 1.93. The summed E-state index contributed by atoms with van der Waals surface area (Å²) >= 11 is 0. The van der Waals surface area contributed by atoms with Crippen LogP contribution in [0.2, 0.25) is 0 Å². The largest absolute Gasteiger partial charge is 0.462 e. The summed E-state index contributed by atoms with van der Waals surface area (Å²) in [4.78, 5) is 12.0. The number of nitrogens with zero attached hydrogens (tertiary/aromatic N) is 1. The molecule has 3 nitrogen and oxygen atoms in total. The molecule has 2 rings (SSSR count). The van der Waals surface area contributed by atoms with Crippen LogP contribution in [0.1, 0.15) is 103 Å². The lowest BCUT2D eigenvalue weighted by atomic mass is 9.71. The van der Waals surface area contributed by atoms with Gasteiger partial charge in [-0.05, 0) is 69.6 Å². The first-order valence-corrected chi connectivity index (χ1v) is 10.8. The molecule has 0 saturated heterocycles. The second kappa shape index (κ2) is 11.6. The summed E-state index contributed by atoms with van der Waals surface area (Å²) in [5.41, 5.74) is 0. The number of rotatable bonds is 9. The van der Waals surface area contributed by atoms with Gasteiger partial charge in [0.2, 0.25) is 0 Å². The molecular weight excluding hydrogens is 310 g/mol. The van der Waals surface area contributed by atoms with Crippen LogP contribution in [-0.4, -0.2) is 12.1 Å². The van der Waals surface area contributed by atoms with Crippen LogP contribution in [-0.2, 0) is 9.53 Å². The Kier molecular flexibility index (Phi) is 9.37. The van der Waals surface area contributed by atoms with Crippen molar-refractivity contribution in [3.8, 4) is 6.07 Å². The molecule has 0 atom stereocenters. The average Bonchev–Trinajstić information content (AvgIpc) is 2.65. The Labute approximate surface area is 154 Å². The number of ether oxygens (including phenoxy) is 1. The summed E-state index contributed by atoms with van der Waals surface area (Å²) in [7, 11) is 0. The minimum absolute atomic E-state index is 0.0217. The van der Waals surface area contributed by atoms with Gasteiger partial charge in [-0.25, -0.2) is 0 Å². The Balaban J connectivity index is 1.54. The molecule has 0 heterocycles. The maximum absolute atomic E-state index is 12.0. The van der Waals surface area contributed by atoms with E-state index in [1.165, 1.54) is 51.4 Å². The summed E-state index contributed by atoms with van der Waals surface area (Å²) < 4.78 is 5.71. The van der Waals surface area contributed by atoms with Crippen LogP contribution in [0.15, 0.2) is 0 Å². The fourth-order valence-electron chi connectivity index (χ4n) is 4.69. The number of hydrogen-bond donors (Lipinski definition) is 0. The summed E-state index contributed by atoms with van der Waals surface area (Å²) in [6, 6.07) is 2.43. The van der Waals surface area contributed by atoms with Crippen molar-refractivity contribution in [1.29, 1.82) is 5.26 Å². The van der Waals surface area contributed by atoms with Crippen LogP contribution in [0, 0.1) is 29.1 Å². The zero-order chi connectivity index (χ0) is 17.9. The zero-order valence-electron chi connectivity index (χ0n) is 16.2. The lowest BCUT2D eigenvalue weighted by molar-refractivity contribution is -0.151. The van der Waals surface area contributed by atoms with Crippen molar-refractivity contribution in [3.05, 3.63) is 0 Å². The number of unbranched alkanes of at least 4 members (excludes halogenated alkanes) is 5. The highest BCUT2D eigenvalue weighted by molar-refractivity contribution is 5.69. The van der Waals surface area contributed by atoms with E-state index in [-0.39, 0.29) is 12.1 Å². The summed E-state index contributed by atoms with van der Waals surface area (Å²) in [6.07, 6.45) is 17.2. The molecule has 2 aliphatic carbocycles. The van der Waals surface area contributed by atoms with Gasteiger partial charge in [-0.3, -0.25) is 4.79 Å². The Bertz CT molecular complexity index is 412. The fraction of sp³-hybridized carbons (Fsp3) is 0.909. The Morgan fingerprint density at radius 2 is 1.44 bits per heavy atom. The molecule has 0 aromatic carbocycles. The molecule has 0 spiro atoms. The predicted octanol–water partition coefficient (Wildman–Crippen LogP) is 6.17. The van der Waals surface area contributed by atoms with Crippen molar-refractivity contribution >= 4 is 5.97 Å². The first-order chi connectivity index (χ1) is 12.2. The number of carbonyl (C=O) groups is 1. The van der Waals surface area contributed by atoms with E-state index in [0.29, 0.717) is 12.3 Å². The standard InChI is InChI=1S/C22H37NO2/c1-2-3-4-5-6-7-8-22(24)25-21-15-13-20(14-16-21)19-11-9-18(17-23)10-12-19/h18-21H,2-16H2,1H3. The predicted molar refractivity (Wildman–Crippen MR) is 101 cm³/mol. The van der Waals surface area contributed by atoms with Gasteiger partial charge in [-0.1, -0.05) is 39.0 Å². The number of nitriles is 1. The number of hydrogen-bond acceptors (Lipinski definition) is 3. The van der Waals surface area contributed by atoms with E-state index in [1.54, 1.807) is 0 Å². The van der Waals surface area contributed by atoms with Gasteiger partial charge in [0.25, 0.3) is 0 Å². The molecule has 0 bridgehead atoms. The Morgan fingerprint density at radius 1 is 0.880 bits per heavy atom.